The molecule has 0 bridgehead atoms. The summed E-state index contributed by atoms with van der Waals surface area (Å²) in [5, 5.41) is 0.409. The molecule has 1 heterocycles. The minimum absolute atomic E-state index is 0.0898. The maximum atomic E-state index is 12.3. The summed E-state index contributed by atoms with van der Waals surface area (Å²) in [6, 6.07) is 10.00. The third kappa shape index (κ3) is 2.55. The van der Waals surface area contributed by atoms with Crippen LogP contribution in [0.1, 0.15) is 6.92 Å². The van der Waals surface area contributed by atoms with Gasteiger partial charge in [-0.1, -0.05) is 36.4 Å². The van der Waals surface area contributed by atoms with Crippen molar-refractivity contribution in [2.45, 2.75) is 11.8 Å². The molecule has 0 atom stereocenters. The minimum Gasteiger partial charge on any atom is -0.255 e. The fourth-order valence-corrected chi connectivity index (χ4v) is 2.98. The maximum Gasteiger partial charge on any atom is 0.202 e. The standard InChI is InChI=1S/C14H12ClNO2S/c1-10(2)19(17,18)13-8-4-3-6-11(13)14-12(15)7-5-9-16-14/h3-9H,1H2,2H3. The molecule has 0 saturated carbocycles. The van der Waals surface area contributed by atoms with E-state index in [2.05, 4.69) is 11.6 Å². The van der Waals surface area contributed by atoms with Gasteiger partial charge in [0, 0.05) is 16.7 Å². The summed E-state index contributed by atoms with van der Waals surface area (Å²) in [5.41, 5.74) is 0.931. The SMILES string of the molecule is C=C(C)S(=O)(=O)c1ccccc1-c1ncccc1Cl. The van der Waals surface area contributed by atoms with E-state index in [4.69, 9.17) is 11.6 Å². The van der Waals surface area contributed by atoms with Gasteiger partial charge in [0.1, 0.15) is 0 Å². The Morgan fingerprint density at radius 3 is 2.53 bits per heavy atom. The summed E-state index contributed by atoms with van der Waals surface area (Å²) in [6.07, 6.45) is 1.57. The Balaban J connectivity index is 2.75. The molecule has 2 rings (SSSR count). The molecule has 0 aliphatic rings. The molecule has 5 heteroatoms. The monoisotopic (exact) mass is 293 g/mol. The van der Waals surface area contributed by atoms with Crippen molar-refractivity contribution in [2.24, 2.45) is 0 Å². The van der Waals surface area contributed by atoms with Crippen LogP contribution >= 0.6 is 11.6 Å². The van der Waals surface area contributed by atoms with Crippen LogP contribution in [0.3, 0.4) is 0 Å². The fraction of sp³-hybridized carbons (Fsp3) is 0.0714. The largest absolute Gasteiger partial charge is 0.255 e. The summed E-state index contributed by atoms with van der Waals surface area (Å²) in [4.78, 5) is 4.42. The van der Waals surface area contributed by atoms with Gasteiger partial charge in [0.15, 0.2) is 0 Å². The first-order valence-corrected chi connectivity index (χ1v) is 7.41. The summed E-state index contributed by atoms with van der Waals surface area (Å²) in [5.74, 6) is 0. The van der Waals surface area contributed by atoms with Crippen LogP contribution in [0.4, 0.5) is 0 Å². The minimum atomic E-state index is -3.57. The van der Waals surface area contributed by atoms with Crippen LogP contribution in [0.25, 0.3) is 11.3 Å². The van der Waals surface area contributed by atoms with Crippen LogP contribution in [-0.4, -0.2) is 13.4 Å². The van der Waals surface area contributed by atoms with Crippen LogP contribution < -0.4 is 0 Å². The van der Waals surface area contributed by atoms with Crippen LogP contribution in [0.2, 0.25) is 5.02 Å². The summed E-state index contributed by atoms with van der Waals surface area (Å²) in [6.45, 7) is 4.98. The Bertz CT molecular complexity index is 739. The lowest BCUT2D eigenvalue weighted by Crippen LogP contribution is -2.04. The lowest BCUT2D eigenvalue weighted by Gasteiger charge is -2.10. The number of benzene rings is 1. The molecule has 3 nitrogen and oxygen atoms in total. The molecule has 0 saturated heterocycles. The zero-order chi connectivity index (χ0) is 14.0. The average Bonchev–Trinajstić information content (AvgIpc) is 2.39. The maximum absolute atomic E-state index is 12.3. The Kier molecular flexibility index (Phi) is 3.73. The van der Waals surface area contributed by atoms with E-state index in [-0.39, 0.29) is 9.80 Å². The molecular weight excluding hydrogens is 282 g/mol. The van der Waals surface area contributed by atoms with Crippen molar-refractivity contribution >= 4 is 21.4 Å². The lowest BCUT2D eigenvalue weighted by molar-refractivity contribution is 0.602. The van der Waals surface area contributed by atoms with E-state index in [0.29, 0.717) is 16.3 Å². The van der Waals surface area contributed by atoms with Crippen molar-refractivity contribution < 1.29 is 8.42 Å². The molecule has 0 aliphatic heterocycles. The Hall–Kier alpha value is -1.65. The van der Waals surface area contributed by atoms with E-state index < -0.39 is 9.84 Å². The predicted molar refractivity (Wildman–Crippen MR) is 76.7 cm³/mol. The Labute approximate surface area is 117 Å². The summed E-state index contributed by atoms with van der Waals surface area (Å²) < 4.78 is 24.5. The second kappa shape index (κ2) is 5.15. The number of hydrogen-bond acceptors (Lipinski definition) is 3. The predicted octanol–water partition coefficient (Wildman–Crippen LogP) is 3.71. The van der Waals surface area contributed by atoms with E-state index in [1.54, 1.807) is 36.5 Å². The van der Waals surface area contributed by atoms with Gasteiger partial charge in [-0.3, -0.25) is 4.98 Å². The topological polar surface area (TPSA) is 47.0 Å². The highest BCUT2D eigenvalue weighted by Gasteiger charge is 2.21. The molecule has 1 aromatic carbocycles. The molecule has 1 aromatic heterocycles. The number of halogens is 1. The van der Waals surface area contributed by atoms with Gasteiger partial charge in [0.25, 0.3) is 0 Å². The number of nitrogens with zero attached hydrogens (tertiary/aromatic N) is 1. The normalized spacial score (nSPS) is 11.3. The number of aromatic nitrogens is 1. The number of sulfone groups is 1. The third-order valence-electron chi connectivity index (χ3n) is 2.65. The van der Waals surface area contributed by atoms with Gasteiger partial charge in [-0.05, 0) is 25.1 Å². The van der Waals surface area contributed by atoms with Crippen LogP contribution in [-0.2, 0) is 9.84 Å². The first kappa shape index (κ1) is 13.8. The van der Waals surface area contributed by atoms with Crippen molar-refractivity contribution in [3.05, 3.63) is 59.1 Å². The van der Waals surface area contributed by atoms with Gasteiger partial charge in [0.05, 0.1) is 15.6 Å². The van der Waals surface area contributed by atoms with Gasteiger partial charge in [0.2, 0.25) is 9.84 Å². The van der Waals surface area contributed by atoms with E-state index in [1.165, 1.54) is 13.0 Å². The van der Waals surface area contributed by atoms with Gasteiger partial charge in [-0.2, -0.15) is 0 Å². The highest BCUT2D eigenvalue weighted by molar-refractivity contribution is 7.95. The molecule has 98 valence electrons. The van der Waals surface area contributed by atoms with E-state index in [9.17, 15) is 8.42 Å². The fourth-order valence-electron chi connectivity index (χ4n) is 1.67. The van der Waals surface area contributed by atoms with E-state index >= 15 is 0 Å². The van der Waals surface area contributed by atoms with E-state index in [1.807, 2.05) is 0 Å². The van der Waals surface area contributed by atoms with Gasteiger partial charge in [-0.25, -0.2) is 8.42 Å². The van der Waals surface area contributed by atoms with Crippen LogP contribution in [0.5, 0.6) is 0 Å². The highest BCUT2D eigenvalue weighted by atomic mass is 35.5. The Morgan fingerprint density at radius 1 is 1.21 bits per heavy atom. The van der Waals surface area contributed by atoms with Crippen LogP contribution in [0, 0.1) is 0 Å². The number of hydrogen-bond donors (Lipinski definition) is 0. The van der Waals surface area contributed by atoms with Crippen molar-refractivity contribution in [3.63, 3.8) is 0 Å². The molecule has 2 aromatic rings. The first-order valence-electron chi connectivity index (χ1n) is 5.55. The molecular formula is C14H12ClNO2S. The summed E-state index contributed by atoms with van der Waals surface area (Å²) >= 11 is 6.08. The van der Waals surface area contributed by atoms with Crippen molar-refractivity contribution in [1.82, 2.24) is 4.98 Å². The second-order valence-corrected chi connectivity index (χ2v) is 6.59. The second-order valence-electron chi connectivity index (χ2n) is 4.04. The molecule has 0 N–H and O–H groups in total. The van der Waals surface area contributed by atoms with Crippen LogP contribution in [0.15, 0.2) is 59.0 Å². The molecule has 0 spiro atoms. The van der Waals surface area contributed by atoms with Gasteiger partial charge in [-0.15, -0.1) is 0 Å². The quantitative estimate of drug-likeness (QED) is 0.866. The number of allylic oxidation sites excluding steroid dienone is 1. The zero-order valence-corrected chi connectivity index (χ0v) is 11.9. The zero-order valence-electron chi connectivity index (χ0n) is 10.3. The lowest BCUT2D eigenvalue weighted by atomic mass is 10.1. The molecule has 0 radical (unpaired) electrons. The summed E-state index contributed by atoms with van der Waals surface area (Å²) in [7, 11) is -3.57. The van der Waals surface area contributed by atoms with Crippen molar-refractivity contribution in [2.75, 3.05) is 0 Å². The smallest absolute Gasteiger partial charge is 0.202 e. The molecule has 19 heavy (non-hydrogen) atoms. The first-order chi connectivity index (χ1) is 8.94. The van der Waals surface area contributed by atoms with Crippen molar-refractivity contribution in [1.29, 1.82) is 0 Å². The highest BCUT2D eigenvalue weighted by Crippen LogP contribution is 2.32. The van der Waals surface area contributed by atoms with E-state index in [0.717, 1.165) is 0 Å². The molecule has 0 amide bonds. The average molecular weight is 294 g/mol. The molecule has 0 aliphatic carbocycles. The molecule has 0 fully saturated rings. The number of pyridine rings is 1. The van der Waals surface area contributed by atoms with Gasteiger partial charge < -0.3 is 0 Å². The Morgan fingerprint density at radius 2 is 1.89 bits per heavy atom. The van der Waals surface area contributed by atoms with Crippen molar-refractivity contribution in [3.8, 4) is 11.3 Å². The number of rotatable bonds is 3. The van der Waals surface area contributed by atoms with Gasteiger partial charge >= 0.3 is 0 Å². The third-order valence-corrected chi connectivity index (χ3v) is 4.81. The molecule has 0 unspecified atom stereocenters.